The molecular weight excluding hydrogens is 268 g/mol. The molecule has 0 unspecified atom stereocenters. The molecule has 0 spiro atoms. The number of para-hydroxylation sites is 1. The molecule has 0 saturated heterocycles. The molecule has 2 aromatic rings. The molecule has 0 heterocycles. The summed E-state index contributed by atoms with van der Waals surface area (Å²) in [6.45, 7) is 7.14. The molecule has 0 aliphatic carbocycles. The van der Waals surface area contributed by atoms with Crippen molar-refractivity contribution >= 4 is 11.6 Å². The van der Waals surface area contributed by atoms with Crippen LogP contribution in [-0.4, -0.2) is 0 Å². The molecule has 0 amide bonds. The molecule has 2 aromatic carbocycles. The average molecular weight is 289 g/mol. The van der Waals surface area contributed by atoms with Crippen molar-refractivity contribution in [2.75, 3.05) is 0 Å². The Bertz CT molecular complexity index is 570. The van der Waals surface area contributed by atoms with Gasteiger partial charge in [-0.1, -0.05) is 63.2 Å². The summed E-state index contributed by atoms with van der Waals surface area (Å²) < 4.78 is 6.03. The largest absolute Gasteiger partial charge is 0.489 e. The second-order valence-electron chi connectivity index (χ2n) is 5.94. The highest BCUT2D eigenvalue weighted by atomic mass is 35.5. The predicted molar refractivity (Wildman–Crippen MR) is 85.5 cm³/mol. The van der Waals surface area contributed by atoms with Crippen molar-refractivity contribution in [3.63, 3.8) is 0 Å². The Morgan fingerprint density at radius 3 is 2.15 bits per heavy atom. The molecule has 0 aromatic heterocycles. The molecule has 1 nitrogen and oxygen atoms in total. The van der Waals surface area contributed by atoms with E-state index in [0.717, 1.165) is 16.9 Å². The van der Waals surface area contributed by atoms with Crippen LogP contribution in [0.3, 0.4) is 0 Å². The highest BCUT2D eigenvalue weighted by molar-refractivity contribution is 6.17. The van der Waals surface area contributed by atoms with Crippen LogP contribution in [0.25, 0.3) is 0 Å². The average Bonchev–Trinajstić information content (AvgIpc) is 2.44. The van der Waals surface area contributed by atoms with Gasteiger partial charge in [0.2, 0.25) is 0 Å². The van der Waals surface area contributed by atoms with Crippen LogP contribution in [0.2, 0.25) is 0 Å². The van der Waals surface area contributed by atoms with Gasteiger partial charge in [0.15, 0.2) is 0 Å². The van der Waals surface area contributed by atoms with Crippen LogP contribution in [0.4, 0.5) is 0 Å². The third-order valence-electron chi connectivity index (χ3n) is 3.34. The number of hydrogen-bond acceptors (Lipinski definition) is 1. The fraction of sp³-hybridized carbons (Fsp3) is 0.333. The highest BCUT2D eigenvalue weighted by Gasteiger charge is 2.18. The second kappa shape index (κ2) is 6.32. The van der Waals surface area contributed by atoms with E-state index in [1.807, 2.05) is 30.3 Å². The molecule has 0 atom stereocenters. The lowest BCUT2D eigenvalue weighted by Gasteiger charge is -2.23. The van der Waals surface area contributed by atoms with E-state index in [4.69, 9.17) is 16.3 Å². The SMILES string of the molecule is CC(C)(C)c1ccccc1OCc1ccccc1CCl. The maximum Gasteiger partial charge on any atom is 0.123 e. The lowest BCUT2D eigenvalue weighted by Crippen LogP contribution is -2.13. The van der Waals surface area contributed by atoms with E-state index in [-0.39, 0.29) is 5.41 Å². The molecule has 2 heteroatoms. The summed E-state index contributed by atoms with van der Waals surface area (Å²) in [5.41, 5.74) is 3.57. The fourth-order valence-corrected chi connectivity index (χ4v) is 2.46. The molecule has 0 aliphatic rings. The van der Waals surface area contributed by atoms with E-state index in [9.17, 15) is 0 Å². The molecule has 0 bridgehead atoms. The van der Waals surface area contributed by atoms with Crippen molar-refractivity contribution in [2.45, 2.75) is 38.7 Å². The molecule has 0 N–H and O–H groups in total. The summed E-state index contributed by atoms with van der Waals surface area (Å²) in [5, 5.41) is 0. The van der Waals surface area contributed by atoms with Gasteiger partial charge >= 0.3 is 0 Å². The number of hydrogen-bond donors (Lipinski definition) is 0. The van der Waals surface area contributed by atoms with Crippen molar-refractivity contribution in [1.29, 1.82) is 0 Å². The van der Waals surface area contributed by atoms with Crippen LogP contribution < -0.4 is 4.74 Å². The zero-order valence-corrected chi connectivity index (χ0v) is 13.1. The lowest BCUT2D eigenvalue weighted by molar-refractivity contribution is 0.297. The highest BCUT2D eigenvalue weighted by Crippen LogP contribution is 2.31. The summed E-state index contributed by atoms with van der Waals surface area (Å²) in [5.74, 6) is 1.46. The summed E-state index contributed by atoms with van der Waals surface area (Å²) in [4.78, 5) is 0. The molecule has 106 valence electrons. The van der Waals surface area contributed by atoms with Gasteiger partial charge in [-0.3, -0.25) is 0 Å². The van der Waals surface area contributed by atoms with Gasteiger partial charge in [0.25, 0.3) is 0 Å². The predicted octanol–water partition coefficient (Wildman–Crippen LogP) is 5.30. The maximum absolute atomic E-state index is 6.03. The minimum atomic E-state index is 0.0720. The van der Waals surface area contributed by atoms with E-state index in [2.05, 4.69) is 39.0 Å². The van der Waals surface area contributed by atoms with E-state index in [1.165, 1.54) is 5.56 Å². The molecule has 0 saturated carbocycles. The molecule has 0 fully saturated rings. The number of alkyl halides is 1. The molecule has 0 aliphatic heterocycles. The molecular formula is C18H21ClO. The number of benzene rings is 2. The van der Waals surface area contributed by atoms with Gasteiger partial charge in [-0.05, 0) is 28.2 Å². The zero-order chi connectivity index (χ0) is 14.6. The quantitative estimate of drug-likeness (QED) is 0.694. The minimum Gasteiger partial charge on any atom is -0.489 e. The summed E-state index contributed by atoms with van der Waals surface area (Å²) >= 11 is 5.96. The van der Waals surface area contributed by atoms with E-state index in [0.29, 0.717) is 12.5 Å². The molecule has 2 rings (SSSR count). The first-order valence-electron chi connectivity index (χ1n) is 6.87. The minimum absolute atomic E-state index is 0.0720. The van der Waals surface area contributed by atoms with Crippen molar-refractivity contribution in [2.24, 2.45) is 0 Å². The summed E-state index contributed by atoms with van der Waals surface area (Å²) in [6, 6.07) is 16.4. The van der Waals surface area contributed by atoms with Gasteiger partial charge < -0.3 is 4.74 Å². The number of halogens is 1. The van der Waals surface area contributed by atoms with Gasteiger partial charge in [0.05, 0.1) is 0 Å². The first kappa shape index (κ1) is 14.9. The Kier molecular flexibility index (Phi) is 4.72. The van der Waals surface area contributed by atoms with Gasteiger partial charge in [-0.25, -0.2) is 0 Å². The monoisotopic (exact) mass is 288 g/mol. The Morgan fingerprint density at radius 2 is 1.50 bits per heavy atom. The summed E-state index contributed by atoms with van der Waals surface area (Å²) in [7, 11) is 0. The topological polar surface area (TPSA) is 9.23 Å². The Hall–Kier alpha value is -1.47. The van der Waals surface area contributed by atoms with E-state index < -0.39 is 0 Å². The Morgan fingerprint density at radius 1 is 0.900 bits per heavy atom. The van der Waals surface area contributed by atoms with Gasteiger partial charge in [-0.2, -0.15) is 0 Å². The standard InChI is InChI=1S/C18H21ClO/c1-18(2,3)16-10-6-7-11-17(16)20-13-15-9-5-4-8-14(15)12-19/h4-11H,12-13H2,1-3H3. The second-order valence-corrected chi connectivity index (χ2v) is 6.20. The van der Waals surface area contributed by atoms with E-state index >= 15 is 0 Å². The first-order chi connectivity index (χ1) is 9.52. The van der Waals surface area contributed by atoms with Crippen LogP contribution in [0.5, 0.6) is 5.75 Å². The third kappa shape index (κ3) is 3.55. The van der Waals surface area contributed by atoms with Crippen LogP contribution in [0.15, 0.2) is 48.5 Å². The Labute approximate surface area is 126 Å². The van der Waals surface area contributed by atoms with Crippen LogP contribution in [0, 0.1) is 0 Å². The van der Waals surface area contributed by atoms with Crippen molar-refractivity contribution in [3.05, 3.63) is 65.2 Å². The van der Waals surface area contributed by atoms with Crippen molar-refractivity contribution in [1.82, 2.24) is 0 Å². The van der Waals surface area contributed by atoms with Crippen LogP contribution in [0.1, 0.15) is 37.5 Å². The smallest absolute Gasteiger partial charge is 0.123 e. The van der Waals surface area contributed by atoms with Crippen LogP contribution in [-0.2, 0) is 17.9 Å². The summed E-state index contributed by atoms with van der Waals surface area (Å²) in [6.07, 6.45) is 0. The van der Waals surface area contributed by atoms with Crippen molar-refractivity contribution in [3.8, 4) is 5.75 Å². The number of rotatable bonds is 4. The normalized spacial score (nSPS) is 11.4. The zero-order valence-electron chi connectivity index (χ0n) is 12.3. The van der Waals surface area contributed by atoms with Crippen molar-refractivity contribution < 1.29 is 4.74 Å². The lowest BCUT2D eigenvalue weighted by atomic mass is 9.86. The molecule has 0 radical (unpaired) electrons. The number of ether oxygens (including phenoxy) is 1. The van der Waals surface area contributed by atoms with Gasteiger partial charge in [0, 0.05) is 5.88 Å². The fourth-order valence-electron chi connectivity index (χ4n) is 2.20. The van der Waals surface area contributed by atoms with Gasteiger partial charge in [0.1, 0.15) is 12.4 Å². The van der Waals surface area contributed by atoms with E-state index in [1.54, 1.807) is 0 Å². The molecule has 20 heavy (non-hydrogen) atoms. The van der Waals surface area contributed by atoms with Gasteiger partial charge in [-0.15, -0.1) is 11.6 Å². The first-order valence-corrected chi connectivity index (χ1v) is 7.41. The maximum atomic E-state index is 6.03. The Balaban J connectivity index is 2.20. The van der Waals surface area contributed by atoms with Crippen LogP contribution >= 0.6 is 11.6 Å². The third-order valence-corrected chi connectivity index (χ3v) is 3.63.